The molecule has 0 bridgehead atoms. The highest BCUT2D eigenvalue weighted by Crippen LogP contribution is 2.42. The first kappa shape index (κ1) is 20.5. The van der Waals surface area contributed by atoms with Crippen molar-refractivity contribution in [2.24, 2.45) is 0 Å². The third-order valence-electron chi connectivity index (χ3n) is 4.96. The van der Waals surface area contributed by atoms with Gasteiger partial charge in [0.15, 0.2) is 11.5 Å². The standard InChI is InChI=1S/C20H26N4O5/c1-11(2)21-15(25)10-24-9-13-16(19(24)26)17(22-20(27)23(13)3)12-7-6-8-14(28-4)18(12)29-5/h6-8,11,17H,9-10H2,1-5H3,(H,21,25)(H,22,27)/t17-/m0/s1. The van der Waals surface area contributed by atoms with Crippen LogP contribution in [-0.2, 0) is 9.59 Å². The first-order valence-corrected chi connectivity index (χ1v) is 9.35. The van der Waals surface area contributed by atoms with Crippen molar-refractivity contribution in [2.75, 3.05) is 34.4 Å². The summed E-state index contributed by atoms with van der Waals surface area (Å²) < 4.78 is 10.9. The van der Waals surface area contributed by atoms with E-state index in [0.29, 0.717) is 28.3 Å². The van der Waals surface area contributed by atoms with Gasteiger partial charge in [-0.3, -0.25) is 14.5 Å². The normalized spacial score (nSPS) is 18.8. The number of methoxy groups -OCH3 is 2. The molecule has 0 aliphatic carbocycles. The second-order valence-electron chi connectivity index (χ2n) is 7.27. The van der Waals surface area contributed by atoms with Crippen molar-refractivity contribution < 1.29 is 23.9 Å². The molecule has 1 atom stereocenters. The van der Waals surface area contributed by atoms with E-state index in [1.165, 1.54) is 24.0 Å². The van der Waals surface area contributed by atoms with Crippen molar-refractivity contribution in [3.8, 4) is 11.5 Å². The van der Waals surface area contributed by atoms with Crippen LogP contribution in [0.5, 0.6) is 11.5 Å². The van der Waals surface area contributed by atoms with Crippen LogP contribution in [0.4, 0.5) is 4.79 Å². The van der Waals surface area contributed by atoms with Gasteiger partial charge in [0.1, 0.15) is 6.54 Å². The summed E-state index contributed by atoms with van der Waals surface area (Å²) in [5.74, 6) is 0.408. The fourth-order valence-corrected chi connectivity index (χ4v) is 3.66. The summed E-state index contributed by atoms with van der Waals surface area (Å²) in [4.78, 5) is 40.8. The number of likely N-dealkylation sites (N-methyl/N-ethyl adjacent to an activating group) is 1. The van der Waals surface area contributed by atoms with Crippen LogP contribution >= 0.6 is 0 Å². The maximum atomic E-state index is 13.2. The fourth-order valence-electron chi connectivity index (χ4n) is 3.66. The smallest absolute Gasteiger partial charge is 0.322 e. The van der Waals surface area contributed by atoms with Gasteiger partial charge in [-0.25, -0.2) is 4.79 Å². The van der Waals surface area contributed by atoms with Crippen molar-refractivity contribution in [3.63, 3.8) is 0 Å². The molecule has 9 nitrogen and oxygen atoms in total. The lowest BCUT2D eigenvalue weighted by Crippen LogP contribution is -2.45. The zero-order chi connectivity index (χ0) is 21.3. The van der Waals surface area contributed by atoms with E-state index in [-0.39, 0.29) is 37.0 Å². The summed E-state index contributed by atoms with van der Waals surface area (Å²) in [6, 6.07) is 4.23. The lowest BCUT2D eigenvalue weighted by molar-refractivity contribution is -0.132. The van der Waals surface area contributed by atoms with E-state index in [0.717, 1.165) is 0 Å². The van der Waals surface area contributed by atoms with E-state index in [2.05, 4.69) is 10.6 Å². The van der Waals surface area contributed by atoms with Gasteiger partial charge in [0.05, 0.1) is 38.1 Å². The number of amides is 4. The van der Waals surface area contributed by atoms with Crippen LogP contribution in [0.3, 0.4) is 0 Å². The molecule has 1 aromatic carbocycles. The number of carbonyl (C=O) groups is 3. The fraction of sp³-hybridized carbons (Fsp3) is 0.450. The Hall–Kier alpha value is -3.23. The van der Waals surface area contributed by atoms with E-state index < -0.39 is 6.04 Å². The Morgan fingerprint density at radius 3 is 2.62 bits per heavy atom. The molecule has 0 aromatic heterocycles. The van der Waals surface area contributed by atoms with Gasteiger partial charge in [-0.05, 0) is 19.9 Å². The average molecular weight is 402 g/mol. The van der Waals surface area contributed by atoms with E-state index in [1.54, 1.807) is 25.2 Å². The molecule has 2 heterocycles. The van der Waals surface area contributed by atoms with Gasteiger partial charge in [0, 0.05) is 18.7 Å². The monoisotopic (exact) mass is 402 g/mol. The Morgan fingerprint density at radius 2 is 2.00 bits per heavy atom. The highest BCUT2D eigenvalue weighted by atomic mass is 16.5. The number of rotatable bonds is 6. The lowest BCUT2D eigenvalue weighted by Gasteiger charge is -2.31. The Bertz CT molecular complexity index is 880. The number of carbonyl (C=O) groups excluding carboxylic acids is 3. The molecule has 9 heteroatoms. The first-order valence-electron chi connectivity index (χ1n) is 9.35. The minimum absolute atomic E-state index is 0.0255. The van der Waals surface area contributed by atoms with Gasteiger partial charge in [-0.15, -0.1) is 0 Å². The maximum Gasteiger partial charge on any atom is 0.322 e. The van der Waals surface area contributed by atoms with Crippen LogP contribution in [-0.4, -0.2) is 68.0 Å². The van der Waals surface area contributed by atoms with Crippen molar-refractivity contribution in [3.05, 3.63) is 35.0 Å². The average Bonchev–Trinajstić information content (AvgIpc) is 2.99. The summed E-state index contributed by atoms with van der Waals surface area (Å²) in [5, 5.41) is 5.65. The lowest BCUT2D eigenvalue weighted by atomic mass is 9.94. The Morgan fingerprint density at radius 1 is 1.28 bits per heavy atom. The van der Waals surface area contributed by atoms with E-state index in [1.807, 2.05) is 13.8 Å². The molecule has 0 saturated heterocycles. The molecule has 2 N–H and O–H groups in total. The molecule has 29 heavy (non-hydrogen) atoms. The molecule has 0 saturated carbocycles. The third kappa shape index (κ3) is 3.72. The van der Waals surface area contributed by atoms with Gasteiger partial charge >= 0.3 is 6.03 Å². The summed E-state index contributed by atoms with van der Waals surface area (Å²) in [5.41, 5.74) is 1.62. The number of ether oxygens (including phenoxy) is 2. The number of para-hydroxylation sites is 1. The molecular weight excluding hydrogens is 376 g/mol. The number of benzene rings is 1. The van der Waals surface area contributed by atoms with Gasteiger partial charge < -0.3 is 25.0 Å². The molecule has 156 valence electrons. The van der Waals surface area contributed by atoms with E-state index >= 15 is 0 Å². The molecule has 4 amide bonds. The summed E-state index contributed by atoms with van der Waals surface area (Å²) in [7, 11) is 4.64. The second kappa shape index (κ2) is 8.02. The van der Waals surface area contributed by atoms with Crippen LogP contribution in [0.2, 0.25) is 0 Å². The number of hydrogen-bond acceptors (Lipinski definition) is 5. The predicted octanol–water partition coefficient (Wildman–Crippen LogP) is 1.02. The highest BCUT2D eigenvalue weighted by molar-refractivity contribution is 6.03. The summed E-state index contributed by atoms with van der Waals surface area (Å²) >= 11 is 0. The number of urea groups is 1. The van der Waals surface area contributed by atoms with Crippen LogP contribution in [0.15, 0.2) is 29.5 Å². The molecule has 0 unspecified atom stereocenters. The van der Waals surface area contributed by atoms with Crippen LogP contribution < -0.4 is 20.1 Å². The minimum Gasteiger partial charge on any atom is -0.493 e. The van der Waals surface area contributed by atoms with Crippen molar-refractivity contribution >= 4 is 17.8 Å². The Kier molecular flexibility index (Phi) is 5.67. The van der Waals surface area contributed by atoms with Gasteiger partial charge in [0.2, 0.25) is 5.91 Å². The van der Waals surface area contributed by atoms with Crippen molar-refractivity contribution in [1.29, 1.82) is 0 Å². The topological polar surface area (TPSA) is 100 Å². The molecule has 2 aliphatic rings. The van der Waals surface area contributed by atoms with Gasteiger partial charge in [0.25, 0.3) is 5.91 Å². The summed E-state index contributed by atoms with van der Waals surface area (Å²) in [6.45, 7) is 3.82. The third-order valence-corrected chi connectivity index (χ3v) is 4.96. The zero-order valence-corrected chi connectivity index (χ0v) is 17.2. The largest absolute Gasteiger partial charge is 0.493 e. The van der Waals surface area contributed by atoms with Crippen LogP contribution in [0, 0.1) is 0 Å². The SMILES string of the molecule is COc1cccc([C@@H]2NC(=O)N(C)C3=C2C(=O)N(CC(=O)NC(C)C)C3)c1OC. The Balaban J connectivity index is 1.98. The minimum atomic E-state index is -0.704. The molecular formula is C20H26N4O5. The molecule has 3 rings (SSSR count). The Labute approximate surface area is 169 Å². The van der Waals surface area contributed by atoms with E-state index in [4.69, 9.17) is 9.47 Å². The first-order chi connectivity index (χ1) is 13.8. The zero-order valence-electron chi connectivity index (χ0n) is 17.2. The highest BCUT2D eigenvalue weighted by Gasteiger charge is 2.44. The van der Waals surface area contributed by atoms with E-state index in [9.17, 15) is 14.4 Å². The summed E-state index contributed by atoms with van der Waals surface area (Å²) in [6.07, 6.45) is 0. The van der Waals surface area contributed by atoms with Crippen molar-refractivity contribution in [2.45, 2.75) is 25.9 Å². The van der Waals surface area contributed by atoms with Gasteiger partial charge in [-0.1, -0.05) is 12.1 Å². The van der Waals surface area contributed by atoms with Crippen LogP contribution in [0.25, 0.3) is 0 Å². The second-order valence-corrected chi connectivity index (χ2v) is 7.27. The molecule has 0 radical (unpaired) electrons. The maximum absolute atomic E-state index is 13.2. The molecule has 0 fully saturated rings. The molecule has 0 spiro atoms. The van der Waals surface area contributed by atoms with Gasteiger partial charge in [-0.2, -0.15) is 0 Å². The number of nitrogens with zero attached hydrogens (tertiary/aromatic N) is 2. The molecule has 1 aromatic rings. The van der Waals surface area contributed by atoms with Crippen LogP contribution in [0.1, 0.15) is 25.5 Å². The predicted molar refractivity (Wildman–Crippen MR) is 105 cm³/mol. The quantitative estimate of drug-likeness (QED) is 0.740. The molecule has 2 aliphatic heterocycles. The number of hydrogen-bond donors (Lipinski definition) is 2. The number of nitrogens with one attached hydrogen (secondary N) is 2. The van der Waals surface area contributed by atoms with Crippen molar-refractivity contribution in [1.82, 2.24) is 20.4 Å².